The van der Waals surface area contributed by atoms with Crippen LogP contribution in [-0.4, -0.2) is 17.8 Å². The van der Waals surface area contributed by atoms with Crippen LogP contribution in [0.1, 0.15) is 43.5 Å². The molecule has 2 aromatic rings. The third-order valence-corrected chi connectivity index (χ3v) is 5.70. The van der Waals surface area contributed by atoms with E-state index in [4.69, 9.17) is 0 Å². The molecule has 1 atom stereocenters. The van der Waals surface area contributed by atoms with Gasteiger partial charge in [-0.2, -0.15) is 0 Å². The van der Waals surface area contributed by atoms with Gasteiger partial charge in [0.25, 0.3) is 0 Å². The summed E-state index contributed by atoms with van der Waals surface area (Å²) in [6.07, 6.45) is 4.22. The second kappa shape index (κ2) is 6.25. The molecule has 2 nitrogen and oxygen atoms in total. The summed E-state index contributed by atoms with van der Waals surface area (Å²) in [7, 11) is 0. The molecule has 108 valence electrons. The lowest BCUT2D eigenvalue weighted by molar-refractivity contribution is 0.108. The third-order valence-electron chi connectivity index (χ3n) is 4.40. The SMILES string of the molecule is CC(NCC1CCC(O)CC1)c1cc2ccccc2s1. The minimum atomic E-state index is -0.0498. The molecule has 1 fully saturated rings. The number of fused-ring (bicyclic) bond motifs is 1. The number of benzene rings is 1. The van der Waals surface area contributed by atoms with Gasteiger partial charge in [-0.05, 0) is 62.6 Å². The van der Waals surface area contributed by atoms with Crippen LogP contribution in [0.15, 0.2) is 30.3 Å². The van der Waals surface area contributed by atoms with Crippen molar-refractivity contribution in [3.8, 4) is 0 Å². The van der Waals surface area contributed by atoms with E-state index in [2.05, 4.69) is 42.6 Å². The zero-order chi connectivity index (χ0) is 13.9. The monoisotopic (exact) mass is 289 g/mol. The molecule has 0 radical (unpaired) electrons. The summed E-state index contributed by atoms with van der Waals surface area (Å²) in [5.41, 5.74) is 0. The van der Waals surface area contributed by atoms with Crippen molar-refractivity contribution in [1.29, 1.82) is 0 Å². The van der Waals surface area contributed by atoms with Crippen LogP contribution in [0.5, 0.6) is 0 Å². The molecule has 1 aliphatic carbocycles. The minimum absolute atomic E-state index is 0.0498. The molecule has 1 aliphatic rings. The van der Waals surface area contributed by atoms with Crippen LogP contribution >= 0.6 is 11.3 Å². The fourth-order valence-corrected chi connectivity index (χ4v) is 4.10. The number of hydrogen-bond acceptors (Lipinski definition) is 3. The first kappa shape index (κ1) is 14.1. The molecule has 3 rings (SSSR count). The van der Waals surface area contributed by atoms with E-state index in [0.717, 1.165) is 38.1 Å². The van der Waals surface area contributed by atoms with Crippen molar-refractivity contribution >= 4 is 21.4 Å². The zero-order valence-electron chi connectivity index (χ0n) is 12.0. The molecule has 3 heteroatoms. The normalized spacial score (nSPS) is 24.9. The van der Waals surface area contributed by atoms with Gasteiger partial charge in [0.2, 0.25) is 0 Å². The Kier molecular flexibility index (Phi) is 4.39. The molecule has 1 unspecified atom stereocenters. The second-order valence-corrected chi connectivity index (χ2v) is 7.11. The van der Waals surface area contributed by atoms with E-state index >= 15 is 0 Å². The summed E-state index contributed by atoms with van der Waals surface area (Å²) in [5, 5.41) is 14.6. The Labute approximate surface area is 124 Å². The van der Waals surface area contributed by atoms with E-state index in [0.29, 0.717) is 6.04 Å². The van der Waals surface area contributed by atoms with E-state index in [9.17, 15) is 5.11 Å². The van der Waals surface area contributed by atoms with Gasteiger partial charge in [-0.3, -0.25) is 0 Å². The zero-order valence-corrected chi connectivity index (χ0v) is 12.8. The summed E-state index contributed by atoms with van der Waals surface area (Å²) in [4.78, 5) is 1.42. The maximum atomic E-state index is 9.54. The first-order chi connectivity index (χ1) is 9.72. The number of aliphatic hydroxyl groups excluding tert-OH is 1. The predicted octanol–water partition coefficient (Wildman–Crippen LogP) is 4.10. The van der Waals surface area contributed by atoms with E-state index in [1.54, 1.807) is 0 Å². The molecule has 0 aliphatic heterocycles. The van der Waals surface area contributed by atoms with E-state index in [1.807, 2.05) is 11.3 Å². The average molecular weight is 289 g/mol. The highest BCUT2D eigenvalue weighted by atomic mass is 32.1. The van der Waals surface area contributed by atoms with Crippen molar-refractivity contribution in [2.75, 3.05) is 6.54 Å². The second-order valence-electron chi connectivity index (χ2n) is 5.99. The quantitative estimate of drug-likeness (QED) is 0.888. The fraction of sp³-hybridized carbons (Fsp3) is 0.529. The van der Waals surface area contributed by atoms with Gasteiger partial charge in [-0.1, -0.05) is 18.2 Å². The Morgan fingerprint density at radius 2 is 2.00 bits per heavy atom. The first-order valence-electron chi connectivity index (χ1n) is 7.62. The van der Waals surface area contributed by atoms with Crippen LogP contribution in [0.2, 0.25) is 0 Å². The highest BCUT2D eigenvalue weighted by molar-refractivity contribution is 7.19. The van der Waals surface area contributed by atoms with Gasteiger partial charge >= 0.3 is 0 Å². The summed E-state index contributed by atoms with van der Waals surface area (Å²) < 4.78 is 1.37. The van der Waals surface area contributed by atoms with E-state index < -0.39 is 0 Å². The smallest absolute Gasteiger partial charge is 0.0540 e. The summed E-state index contributed by atoms with van der Waals surface area (Å²) in [6, 6.07) is 11.3. The van der Waals surface area contributed by atoms with Crippen molar-refractivity contribution in [2.24, 2.45) is 5.92 Å². The molecule has 1 heterocycles. The lowest BCUT2D eigenvalue weighted by Crippen LogP contribution is -2.29. The van der Waals surface area contributed by atoms with Gasteiger partial charge in [0.1, 0.15) is 0 Å². The molecule has 0 spiro atoms. The fourth-order valence-electron chi connectivity index (χ4n) is 3.01. The molecule has 1 aromatic carbocycles. The topological polar surface area (TPSA) is 32.3 Å². The summed E-state index contributed by atoms with van der Waals surface area (Å²) >= 11 is 1.89. The van der Waals surface area contributed by atoms with Crippen molar-refractivity contribution in [1.82, 2.24) is 5.32 Å². The highest BCUT2D eigenvalue weighted by Crippen LogP contribution is 2.30. The molecule has 1 saturated carbocycles. The molecule has 0 bridgehead atoms. The van der Waals surface area contributed by atoms with Gasteiger partial charge < -0.3 is 10.4 Å². The molecule has 2 N–H and O–H groups in total. The summed E-state index contributed by atoms with van der Waals surface area (Å²) in [6.45, 7) is 3.32. The highest BCUT2D eigenvalue weighted by Gasteiger charge is 2.20. The standard InChI is InChI=1S/C17H23NOS/c1-12(18-11-13-6-8-15(19)9-7-13)17-10-14-4-2-3-5-16(14)20-17/h2-5,10,12-13,15,18-19H,6-9,11H2,1H3. The Balaban J connectivity index is 1.57. The van der Waals surface area contributed by atoms with Crippen LogP contribution in [0.25, 0.3) is 10.1 Å². The van der Waals surface area contributed by atoms with Crippen molar-refractivity contribution in [2.45, 2.75) is 44.8 Å². The number of rotatable bonds is 4. The van der Waals surface area contributed by atoms with E-state index in [1.165, 1.54) is 15.0 Å². The van der Waals surface area contributed by atoms with Crippen molar-refractivity contribution in [3.05, 3.63) is 35.2 Å². The molecule has 0 amide bonds. The van der Waals surface area contributed by atoms with Crippen LogP contribution < -0.4 is 5.32 Å². The molecule has 1 aromatic heterocycles. The number of aliphatic hydroxyl groups is 1. The Morgan fingerprint density at radius 3 is 2.75 bits per heavy atom. The average Bonchev–Trinajstić information content (AvgIpc) is 2.90. The van der Waals surface area contributed by atoms with Crippen LogP contribution in [0.3, 0.4) is 0 Å². The van der Waals surface area contributed by atoms with Crippen molar-refractivity contribution < 1.29 is 5.11 Å². The molecular formula is C17H23NOS. The largest absolute Gasteiger partial charge is 0.393 e. The number of nitrogens with one attached hydrogen (secondary N) is 1. The predicted molar refractivity (Wildman–Crippen MR) is 86.2 cm³/mol. The Hall–Kier alpha value is -0.900. The lowest BCUT2D eigenvalue weighted by Gasteiger charge is -2.26. The maximum absolute atomic E-state index is 9.54. The lowest BCUT2D eigenvalue weighted by atomic mass is 9.87. The maximum Gasteiger partial charge on any atom is 0.0540 e. The molecule has 20 heavy (non-hydrogen) atoms. The third kappa shape index (κ3) is 3.22. The van der Waals surface area contributed by atoms with Gasteiger partial charge in [-0.25, -0.2) is 0 Å². The van der Waals surface area contributed by atoms with Crippen LogP contribution in [0, 0.1) is 5.92 Å². The molecular weight excluding hydrogens is 266 g/mol. The van der Waals surface area contributed by atoms with Gasteiger partial charge in [0.15, 0.2) is 0 Å². The van der Waals surface area contributed by atoms with Crippen LogP contribution in [0.4, 0.5) is 0 Å². The summed E-state index contributed by atoms with van der Waals surface area (Å²) in [5.74, 6) is 0.732. The first-order valence-corrected chi connectivity index (χ1v) is 8.44. The van der Waals surface area contributed by atoms with Crippen LogP contribution in [-0.2, 0) is 0 Å². The Bertz CT molecular complexity index is 524. The van der Waals surface area contributed by atoms with E-state index in [-0.39, 0.29) is 6.10 Å². The Morgan fingerprint density at radius 1 is 1.25 bits per heavy atom. The van der Waals surface area contributed by atoms with Gasteiger partial charge in [-0.15, -0.1) is 11.3 Å². The number of thiophene rings is 1. The van der Waals surface area contributed by atoms with Crippen molar-refractivity contribution in [3.63, 3.8) is 0 Å². The van der Waals surface area contributed by atoms with Gasteiger partial charge in [0, 0.05) is 15.6 Å². The number of hydrogen-bond donors (Lipinski definition) is 2. The van der Waals surface area contributed by atoms with Gasteiger partial charge in [0.05, 0.1) is 6.10 Å². The molecule has 0 saturated heterocycles. The minimum Gasteiger partial charge on any atom is -0.393 e.